The van der Waals surface area contributed by atoms with E-state index in [0.29, 0.717) is 0 Å². The van der Waals surface area contributed by atoms with Crippen LogP contribution in [0.4, 0.5) is 0 Å². The van der Waals surface area contributed by atoms with E-state index in [1.807, 2.05) is 12.1 Å². The fourth-order valence-electron chi connectivity index (χ4n) is 2.17. The highest BCUT2D eigenvalue weighted by Crippen LogP contribution is 2.19. The molecular formula is C13H20N2O. The minimum absolute atomic E-state index is 0.401. The zero-order chi connectivity index (χ0) is 11.4. The first-order valence-electron chi connectivity index (χ1n) is 6.06. The van der Waals surface area contributed by atoms with Crippen LogP contribution < -0.4 is 0 Å². The van der Waals surface area contributed by atoms with E-state index in [1.54, 1.807) is 12.4 Å². The Bertz CT molecular complexity index is 307. The Hall–Kier alpha value is -0.930. The topological polar surface area (TPSA) is 36.4 Å². The van der Waals surface area contributed by atoms with Gasteiger partial charge in [-0.1, -0.05) is 13.0 Å². The lowest BCUT2D eigenvalue weighted by Gasteiger charge is -2.31. The Morgan fingerprint density at radius 3 is 2.88 bits per heavy atom. The van der Waals surface area contributed by atoms with Crippen LogP contribution in [-0.4, -0.2) is 34.6 Å². The highest BCUT2D eigenvalue weighted by atomic mass is 16.3. The predicted molar refractivity (Wildman–Crippen MR) is 64.0 cm³/mol. The van der Waals surface area contributed by atoms with Crippen molar-refractivity contribution in [3.63, 3.8) is 0 Å². The van der Waals surface area contributed by atoms with Crippen molar-refractivity contribution < 1.29 is 5.11 Å². The van der Waals surface area contributed by atoms with E-state index < -0.39 is 6.10 Å². The molecule has 2 rings (SSSR count). The average Bonchev–Trinajstić information content (AvgIpc) is 2.33. The fraction of sp³-hybridized carbons (Fsp3) is 0.615. The number of piperidine rings is 1. The largest absolute Gasteiger partial charge is 0.387 e. The highest BCUT2D eigenvalue weighted by Gasteiger charge is 2.18. The summed E-state index contributed by atoms with van der Waals surface area (Å²) < 4.78 is 0. The van der Waals surface area contributed by atoms with E-state index in [9.17, 15) is 5.11 Å². The summed E-state index contributed by atoms with van der Waals surface area (Å²) >= 11 is 0. The van der Waals surface area contributed by atoms with Gasteiger partial charge in [-0.2, -0.15) is 0 Å². The molecule has 0 amide bonds. The number of pyridine rings is 1. The van der Waals surface area contributed by atoms with Gasteiger partial charge in [-0.15, -0.1) is 0 Å². The van der Waals surface area contributed by atoms with Crippen LogP contribution in [0.1, 0.15) is 31.4 Å². The third-order valence-electron chi connectivity index (χ3n) is 3.38. The molecule has 1 unspecified atom stereocenters. The van der Waals surface area contributed by atoms with Gasteiger partial charge in [0.05, 0.1) is 6.10 Å². The second kappa shape index (κ2) is 5.41. The molecule has 88 valence electrons. The van der Waals surface area contributed by atoms with Crippen molar-refractivity contribution in [3.05, 3.63) is 30.1 Å². The number of aromatic nitrogens is 1. The summed E-state index contributed by atoms with van der Waals surface area (Å²) in [6, 6.07) is 3.81. The smallest absolute Gasteiger partial charge is 0.0931 e. The molecule has 16 heavy (non-hydrogen) atoms. The van der Waals surface area contributed by atoms with Gasteiger partial charge in [0, 0.05) is 24.5 Å². The van der Waals surface area contributed by atoms with E-state index >= 15 is 0 Å². The zero-order valence-electron chi connectivity index (χ0n) is 9.84. The Balaban J connectivity index is 1.86. The number of aliphatic hydroxyl groups excluding tert-OH is 1. The molecule has 1 aliphatic rings. The maximum absolute atomic E-state index is 10.1. The van der Waals surface area contributed by atoms with Gasteiger partial charge < -0.3 is 10.0 Å². The predicted octanol–water partition coefficient (Wildman–Crippen LogP) is 1.85. The van der Waals surface area contributed by atoms with Crippen LogP contribution in [0.15, 0.2) is 24.5 Å². The zero-order valence-corrected chi connectivity index (χ0v) is 9.84. The van der Waals surface area contributed by atoms with Crippen LogP contribution in [0.3, 0.4) is 0 Å². The average molecular weight is 220 g/mol. The first-order chi connectivity index (χ1) is 7.75. The molecule has 0 saturated carbocycles. The van der Waals surface area contributed by atoms with Crippen LogP contribution >= 0.6 is 0 Å². The first-order valence-corrected chi connectivity index (χ1v) is 6.06. The molecule has 1 aromatic heterocycles. The summed E-state index contributed by atoms with van der Waals surface area (Å²) in [6.07, 6.45) is 5.58. The van der Waals surface area contributed by atoms with Crippen molar-refractivity contribution >= 4 is 0 Å². The molecule has 1 fully saturated rings. The standard InChI is InChI=1S/C13H20N2O/c1-11-4-7-15(8-5-11)10-13(16)12-3-2-6-14-9-12/h2-3,6,9,11,13,16H,4-5,7-8,10H2,1H3. The maximum atomic E-state index is 10.1. The summed E-state index contributed by atoms with van der Waals surface area (Å²) in [7, 11) is 0. The molecule has 0 radical (unpaired) electrons. The monoisotopic (exact) mass is 220 g/mol. The van der Waals surface area contributed by atoms with Crippen molar-refractivity contribution in [1.29, 1.82) is 0 Å². The van der Waals surface area contributed by atoms with Crippen LogP contribution in [0.5, 0.6) is 0 Å². The minimum atomic E-state index is -0.401. The number of nitrogens with zero attached hydrogens (tertiary/aromatic N) is 2. The van der Waals surface area contributed by atoms with Gasteiger partial charge in [-0.3, -0.25) is 4.98 Å². The molecular weight excluding hydrogens is 200 g/mol. The van der Waals surface area contributed by atoms with Gasteiger partial charge in [0.25, 0.3) is 0 Å². The normalized spacial score (nSPS) is 20.9. The van der Waals surface area contributed by atoms with Gasteiger partial charge in [0.2, 0.25) is 0 Å². The van der Waals surface area contributed by atoms with Crippen LogP contribution in [0.2, 0.25) is 0 Å². The summed E-state index contributed by atoms with van der Waals surface area (Å²) in [5.74, 6) is 0.840. The summed E-state index contributed by atoms with van der Waals surface area (Å²) in [5.41, 5.74) is 0.918. The van der Waals surface area contributed by atoms with Gasteiger partial charge >= 0.3 is 0 Å². The van der Waals surface area contributed by atoms with Crippen LogP contribution in [0.25, 0.3) is 0 Å². The number of aliphatic hydroxyl groups is 1. The van der Waals surface area contributed by atoms with E-state index in [2.05, 4.69) is 16.8 Å². The third kappa shape index (κ3) is 3.03. The Morgan fingerprint density at radius 1 is 1.50 bits per heavy atom. The minimum Gasteiger partial charge on any atom is -0.387 e. The Morgan fingerprint density at radius 2 is 2.25 bits per heavy atom. The van der Waals surface area contributed by atoms with Crippen LogP contribution in [0, 0.1) is 5.92 Å². The maximum Gasteiger partial charge on any atom is 0.0931 e. The van der Waals surface area contributed by atoms with E-state index in [-0.39, 0.29) is 0 Å². The Labute approximate surface area is 97.1 Å². The lowest BCUT2D eigenvalue weighted by Crippen LogP contribution is -2.35. The second-order valence-electron chi connectivity index (χ2n) is 4.79. The molecule has 0 bridgehead atoms. The van der Waals surface area contributed by atoms with Gasteiger partial charge in [-0.25, -0.2) is 0 Å². The molecule has 2 heterocycles. The molecule has 3 nitrogen and oxygen atoms in total. The van der Waals surface area contributed by atoms with E-state index in [1.165, 1.54) is 12.8 Å². The number of hydrogen-bond donors (Lipinski definition) is 1. The second-order valence-corrected chi connectivity index (χ2v) is 4.79. The fourth-order valence-corrected chi connectivity index (χ4v) is 2.17. The SMILES string of the molecule is CC1CCN(CC(O)c2cccnc2)CC1. The van der Waals surface area contributed by atoms with Crippen LogP contribution in [-0.2, 0) is 0 Å². The molecule has 1 saturated heterocycles. The lowest BCUT2D eigenvalue weighted by atomic mass is 9.98. The van der Waals surface area contributed by atoms with Crippen molar-refractivity contribution in [2.45, 2.75) is 25.9 Å². The van der Waals surface area contributed by atoms with Crippen molar-refractivity contribution in [1.82, 2.24) is 9.88 Å². The van der Waals surface area contributed by atoms with E-state index in [4.69, 9.17) is 0 Å². The number of likely N-dealkylation sites (tertiary alicyclic amines) is 1. The molecule has 3 heteroatoms. The molecule has 1 aromatic rings. The quantitative estimate of drug-likeness (QED) is 0.844. The Kier molecular flexibility index (Phi) is 3.91. The molecule has 1 aliphatic heterocycles. The van der Waals surface area contributed by atoms with Crippen molar-refractivity contribution in [2.24, 2.45) is 5.92 Å². The lowest BCUT2D eigenvalue weighted by molar-refractivity contribution is 0.0914. The molecule has 1 N–H and O–H groups in total. The number of rotatable bonds is 3. The number of hydrogen-bond acceptors (Lipinski definition) is 3. The van der Waals surface area contributed by atoms with Gasteiger partial charge in [0.1, 0.15) is 0 Å². The van der Waals surface area contributed by atoms with Gasteiger partial charge in [-0.05, 0) is 37.9 Å². The van der Waals surface area contributed by atoms with Crippen molar-refractivity contribution in [3.8, 4) is 0 Å². The first kappa shape index (κ1) is 11.6. The summed E-state index contributed by atoms with van der Waals surface area (Å²) in [6.45, 7) is 5.25. The van der Waals surface area contributed by atoms with E-state index in [0.717, 1.165) is 31.1 Å². The molecule has 0 spiro atoms. The molecule has 1 atom stereocenters. The summed E-state index contributed by atoms with van der Waals surface area (Å²) in [5, 5.41) is 10.1. The van der Waals surface area contributed by atoms with Crippen molar-refractivity contribution in [2.75, 3.05) is 19.6 Å². The molecule has 0 aromatic carbocycles. The van der Waals surface area contributed by atoms with Gasteiger partial charge in [0.15, 0.2) is 0 Å². The molecule has 0 aliphatic carbocycles. The number of β-amino-alcohol motifs (C(OH)–C–C–N with tert-alkyl or cyclic N) is 1. The summed E-state index contributed by atoms with van der Waals surface area (Å²) in [4.78, 5) is 6.38. The highest BCUT2D eigenvalue weighted by molar-refractivity contribution is 5.12. The third-order valence-corrected chi connectivity index (χ3v) is 3.38.